The number of carbonyl (C=O) groups is 1. The van der Waals surface area contributed by atoms with E-state index in [4.69, 9.17) is 0 Å². The van der Waals surface area contributed by atoms with Crippen LogP contribution in [0, 0.1) is 11.6 Å². The second kappa shape index (κ2) is 4.13. The first-order chi connectivity index (χ1) is 9.41. The van der Waals surface area contributed by atoms with Crippen LogP contribution in [0.2, 0.25) is 0 Å². The SMILES string of the molecule is CC1CCc2c(C(=O)O)c(=O)c3cc(F)c(F)cc3n21. The number of carboxylic acid groups (broad SMARTS) is 1. The van der Waals surface area contributed by atoms with Crippen molar-refractivity contribution >= 4 is 16.9 Å². The highest BCUT2D eigenvalue weighted by Gasteiger charge is 2.29. The molecular weight excluding hydrogens is 268 g/mol. The minimum Gasteiger partial charge on any atom is -0.477 e. The summed E-state index contributed by atoms with van der Waals surface area (Å²) in [5, 5.41) is 9.12. The van der Waals surface area contributed by atoms with Crippen molar-refractivity contribution in [1.29, 1.82) is 0 Å². The van der Waals surface area contributed by atoms with Crippen molar-refractivity contribution in [2.45, 2.75) is 25.8 Å². The summed E-state index contributed by atoms with van der Waals surface area (Å²) in [5.41, 5.74) is -0.466. The summed E-state index contributed by atoms with van der Waals surface area (Å²) < 4.78 is 28.4. The van der Waals surface area contributed by atoms with E-state index < -0.39 is 23.0 Å². The zero-order valence-electron chi connectivity index (χ0n) is 10.6. The maximum absolute atomic E-state index is 13.4. The number of benzene rings is 1. The number of carboxylic acids is 1. The Hall–Kier alpha value is -2.24. The Kier molecular flexibility index (Phi) is 2.64. The number of hydrogen-bond donors (Lipinski definition) is 1. The normalized spacial score (nSPS) is 17.4. The predicted octanol–water partition coefficient (Wildman–Crippen LogP) is 2.49. The molecule has 0 radical (unpaired) electrons. The van der Waals surface area contributed by atoms with Gasteiger partial charge in [-0.25, -0.2) is 13.6 Å². The second-order valence-electron chi connectivity index (χ2n) is 5.00. The molecule has 0 spiro atoms. The van der Waals surface area contributed by atoms with Gasteiger partial charge in [-0.2, -0.15) is 0 Å². The number of rotatable bonds is 1. The summed E-state index contributed by atoms with van der Waals surface area (Å²) in [7, 11) is 0. The molecule has 104 valence electrons. The Morgan fingerprint density at radius 2 is 2.00 bits per heavy atom. The highest BCUT2D eigenvalue weighted by atomic mass is 19.2. The maximum atomic E-state index is 13.4. The number of pyridine rings is 1. The Morgan fingerprint density at radius 1 is 1.35 bits per heavy atom. The van der Waals surface area contributed by atoms with E-state index in [0.29, 0.717) is 18.5 Å². The van der Waals surface area contributed by atoms with Gasteiger partial charge in [-0.05, 0) is 25.8 Å². The first kappa shape index (κ1) is 12.8. The van der Waals surface area contributed by atoms with E-state index in [1.807, 2.05) is 6.92 Å². The highest BCUT2D eigenvalue weighted by molar-refractivity contribution is 5.94. The first-order valence-corrected chi connectivity index (χ1v) is 6.21. The number of nitrogens with zero attached hydrogens (tertiary/aromatic N) is 1. The molecule has 0 saturated heterocycles. The van der Waals surface area contributed by atoms with Gasteiger partial charge in [0.15, 0.2) is 11.6 Å². The van der Waals surface area contributed by atoms with Crippen molar-refractivity contribution in [2.75, 3.05) is 0 Å². The van der Waals surface area contributed by atoms with E-state index in [1.54, 1.807) is 4.57 Å². The van der Waals surface area contributed by atoms with E-state index >= 15 is 0 Å². The molecule has 3 rings (SSSR count). The summed E-state index contributed by atoms with van der Waals surface area (Å²) in [4.78, 5) is 23.5. The van der Waals surface area contributed by atoms with Crippen LogP contribution in [0.1, 0.15) is 35.4 Å². The molecule has 0 aliphatic carbocycles. The second-order valence-corrected chi connectivity index (χ2v) is 5.00. The fraction of sp³-hybridized carbons (Fsp3) is 0.286. The zero-order valence-corrected chi connectivity index (χ0v) is 10.6. The van der Waals surface area contributed by atoms with Gasteiger partial charge >= 0.3 is 5.97 Å². The highest BCUT2D eigenvalue weighted by Crippen LogP contribution is 2.31. The summed E-state index contributed by atoms with van der Waals surface area (Å²) in [6.45, 7) is 1.85. The molecule has 4 nitrogen and oxygen atoms in total. The van der Waals surface area contributed by atoms with Gasteiger partial charge in [-0.15, -0.1) is 0 Å². The van der Waals surface area contributed by atoms with E-state index in [-0.39, 0.29) is 22.5 Å². The molecule has 0 amide bonds. The molecule has 1 atom stereocenters. The third-order valence-electron chi connectivity index (χ3n) is 3.80. The van der Waals surface area contributed by atoms with Crippen LogP contribution in [0.15, 0.2) is 16.9 Å². The maximum Gasteiger partial charge on any atom is 0.341 e. The van der Waals surface area contributed by atoms with Crippen LogP contribution < -0.4 is 5.43 Å². The van der Waals surface area contributed by atoms with Gasteiger partial charge in [0.1, 0.15) is 5.56 Å². The molecule has 1 aromatic heterocycles. The van der Waals surface area contributed by atoms with Crippen molar-refractivity contribution in [1.82, 2.24) is 4.57 Å². The van der Waals surface area contributed by atoms with Crippen molar-refractivity contribution < 1.29 is 18.7 Å². The van der Waals surface area contributed by atoms with Gasteiger partial charge in [0.05, 0.1) is 5.52 Å². The van der Waals surface area contributed by atoms with Gasteiger partial charge in [-0.1, -0.05) is 0 Å². The Balaban J connectivity index is 2.57. The third kappa shape index (κ3) is 1.57. The number of halogens is 2. The van der Waals surface area contributed by atoms with Crippen molar-refractivity contribution in [3.05, 3.63) is 45.2 Å². The largest absolute Gasteiger partial charge is 0.477 e. The Morgan fingerprint density at radius 3 is 2.65 bits per heavy atom. The average molecular weight is 279 g/mol. The number of fused-ring (bicyclic) bond motifs is 3. The van der Waals surface area contributed by atoms with Gasteiger partial charge in [0.2, 0.25) is 5.43 Å². The Bertz CT molecular complexity index is 810. The lowest BCUT2D eigenvalue weighted by atomic mass is 10.1. The van der Waals surface area contributed by atoms with Crippen molar-refractivity contribution in [2.24, 2.45) is 0 Å². The van der Waals surface area contributed by atoms with Gasteiger partial charge in [0, 0.05) is 23.2 Å². The van der Waals surface area contributed by atoms with Gasteiger partial charge < -0.3 is 9.67 Å². The van der Waals surface area contributed by atoms with Gasteiger partial charge in [0.25, 0.3) is 0 Å². The quantitative estimate of drug-likeness (QED) is 0.872. The van der Waals surface area contributed by atoms with E-state index in [0.717, 1.165) is 12.1 Å². The molecular formula is C14H11F2NO3. The lowest BCUT2D eigenvalue weighted by Crippen LogP contribution is -2.22. The molecule has 1 unspecified atom stereocenters. The molecule has 0 fully saturated rings. The summed E-state index contributed by atoms with van der Waals surface area (Å²) in [6.07, 6.45) is 1.10. The molecule has 1 aliphatic heterocycles. The van der Waals surface area contributed by atoms with Crippen LogP contribution in [0.25, 0.3) is 10.9 Å². The molecule has 6 heteroatoms. The lowest BCUT2D eigenvalue weighted by molar-refractivity contribution is 0.0694. The van der Waals surface area contributed by atoms with Crippen molar-refractivity contribution in [3.63, 3.8) is 0 Å². The molecule has 0 saturated carbocycles. The molecule has 2 aromatic rings. The fourth-order valence-corrected chi connectivity index (χ4v) is 2.89. The summed E-state index contributed by atoms with van der Waals surface area (Å²) >= 11 is 0. The smallest absolute Gasteiger partial charge is 0.341 e. The molecule has 0 bridgehead atoms. The lowest BCUT2D eigenvalue weighted by Gasteiger charge is -2.16. The van der Waals surface area contributed by atoms with Crippen LogP contribution in [0.3, 0.4) is 0 Å². The molecule has 1 aromatic carbocycles. The van der Waals surface area contributed by atoms with Crippen LogP contribution in [-0.2, 0) is 6.42 Å². The van der Waals surface area contributed by atoms with E-state index in [2.05, 4.69) is 0 Å². The van der Waals surface area contributed by atoms with Crippen molar-refractivity contribution in [3.8, 4) is 0 Å². The van der Waals surface area contributed by atoms with Crippen LogP contribution in [0.5, 0.6) is 0 Å². The number of aromatic nitrogens is 1. The van der Waals surface area contributed by atoms with Crippen LogP contribution in [0.4, 0.5) is 8.78 Å². The number of hydrogen-bond acceptors (Lipinski definition) is 2. The van der Waals surface area contributed by atoms with E-state index in [1.165, 1.54) is 0 Å². The minimum absolute atomic E-state index is 0.0592. The summed E-state index contributed by atoms with van der Waals surface area (Å²) in [5.74, 6) is -3.54. The predicted molar refractivity (Wildman–Crippen MR) is 68.1 cm³/mol. The third-order valence-corrected chi connectivity index (χ3v) is 3.80. The average Bonchev–Trinajstić information content (AvgIpc) is 2.74. The van der Waals surface area contributed by atoms with Crippen LogP contribution in [-0.4, -0.2) is 15.6 Å². The molecule has 1 aliphatic rings. The standard InChI is InChI=1S/C14H11F2NO3/c1-6-2-3-10-12(14(19)20)13(18)7-4-8(15)9(16)5-11(7)17(6)10/h4-6H,2-3H2,1H3,(H,19,20). The topological polar surface area (TPSA) is 59.3 Å². The molecule has 2 heterocycles. The first-order valence-electron chi connectivity index (χ1n) is 6.21. The zero-order chi connectivity index (χ0) is 14.6. The van der Waals surface area contributed by atoms with Gasteiger partial charge in [-0.3, -0.25) is 4.79 Å². The summed E-state index contributed by atoms with van der Waals surface area (Å²) in [6, 6.07) is 1.68. The Labute approximate surface area is 112 Å². The van der Waals surface area contributed by atoms with Crippen LogP contribution >= 0.6 is 0 Å². The monoisotopic (exact) mass is 279 g/mol. The molecule has 1 N–H and O–H groups in total. The fourth-order valence-electron chi connectivity index (χ4n) is 2.89. The minimum atomic E-state index is -1.33. The molecule has 20 heavy (non-hydrogen) atoms. The number of aromatic carboxylic acids is 1. The van der Waals surface area contributed by atoms with E-state index in [9.17, 15) is 23.5 Å².